The molecule has 0 N–H and O–H groups in total. The molecule has 4 rings (SSSR count). The van der Waals surface area contributed by atoms with Crippen LogP contribution in [0.3, 0.4) is 0 Å². The van der Waals surface area contributed by atoms with Gasteiger partial charge in [0.15, 0.2) is 23.0 Å². The number of amides is 1. The Morgan fingerprint density at radius 1 is 0.824 bits per heavy atom. The van der Waals surface area contributed by atoms with Gasteiger partial charge >= 0.3 is 0 Å². The van der Waals surface area contributed by atoms with E-state index in [-0.39, 0.29) is 5.91 Å². The number of nitrogens with zero attached hydrogens (tertiary/aromatic N) is 1. The minimum absolute atomic E-state index is 0.0645. The zero-order chi connectivity index (χ0) is 24.1. The monoisotopic (exact) mass is 479 g/mol. The van der Waals surface area contributed by atoms with E-state index in [0.29, 0.717) is 36.1 Å². The SMILES string of the molecule is COc1ccc(CN2CCc3cc(OC)c(OC)cc3C(Sc3ccccc3)C2=O)cc1OC. The van der Waals surface area contributed by atoms with Crippen LogP contribution in [0, 0.1) is 0 Å². The number of ether oxygens (including phenoxy) is 4. The van der Waals surface area contributed by atoms with Crippen LogP contribution < -0.4 is 18.9 Å². The second-order valence-electron chi connectivity index (χ2n) is 7.92. The van der Waals surface area contributed by atoms with Gasteiger partial charge in [-0.2, -0.15) is 0 Å². The van der Waals surface area contributed by atoms with Gasteiger partial charge in [0.2, 0.25) is 5.91 Å². The first-order chi connectivity index (χ1) is 16.6. The number of carbonyl (C=O) groups excluding carboxylic acids is 1. The minimum Gasteiger partial charge on any atom is -0.493 e. The normalized spacial score (nSPS) is 15.4. The molecule has 0 radical (unpaired) electrons. The van der Waals surface area contributed by atoms with Crippen LogP contribution in [-0.2, 0) is 17.8 Å². The molecule has 3 aromatic carbocycles. The maximum absolute atomic E-state index is 13.9. The fourth-order valence-electron chi connectivity index (χ4n) is 4.17. The van der Waals surface area contributed by atoms with Crippen LogP contribution >= 0.6 is 11.8 Å². The van der Waals surface area contributed by atoms with E-state index in [1.54, 1.807) is 40.2 Å². The van der Waals surface area contributed by atoms with Gasteiger partial charge in [-0.05, 0) is 59.5 Å². The summed E-state index contributed by atoms with van der Waals surface area (Å²) in [5.74, 6) is 2.67. The average Bonchev–Trinajstić information content (AvgIpc) is 3.00. The second-order valence-corrected chi connectivity index (χ2v) is 9.09. The lowest BCUT2D eigenvalue weighted by atomic mass is 10.0. The fourth-order valence-corrected chi connectivity index (χ4v) is 5.35. The Balaban J connectivity index is 1.71. The Hall–Kier alpha value is -3.32. The standard InChI is InChI=1S/C27H29NO5S/c1-30-22-11-10-18(14-23(22)31-2)17-28-13-12-19-15-24(32-3)25(33-4)16-21(19)26(27(28)29)34-20-8-6-5-7-9-20/h5-11,14-16,26H,12-13,17H2,1-4H3. The van der Waals surface area contributed by atoms with E-state index in [1.807, 2.05) is 65.6 Å². The number of thioether (sulfide) groups is 1. The zero-order valence-electron chi connectivity index (χ0n) is 19.9. The summed E-state index contributed by atoms with van der Waals surface area (Å²) < 4.78 is 21.9. The predicted octanol–water partition coefficient (Wildman–Crippen LogP) is 5.14. The van der Waals surface area contributed by atoms with Gasteiger partial charge in [0.1, 0.15) is 5.25 Å². The third-order valence-corrected chi connectivity index (χ3v) is 7.17. The molecule has 1 amide bonds. The molecule has 1 aliphatic heterocycles. The van der Waals surface area contributed by atoms with Gasteiger partial charge in [-0.25, -0.2) is 0 Å². The molecule has 0 aliphatic carbocycles. The molecule has 0 aromatic heterocycles. The van der Waals surface area contributed by atoms with Crippen LogP contribution in [0.1, 0.15) is 21.9 Å². The Labute approximate surface area is 204 Å². The summed E-state index contributed by atoms with van der Waals surface area (Å²) in [6, 6.07) is 19.7. The van der Waals surface area contributed by atoms with Gasteiger partial charge in [0, 0.05) is 18.0 Å². The van der Waals surface area contributed by atoms with Crippen molar-refractivity contribution in [3.8, 4) is 23.0 Å². The van der Waals surface area contributed by atoms with Crippen molar-refractivity contribution in [1.29, 1.82) is 0 Å². The summed E-state index contributed by atoms with van der Waals surface area (Å²) in [6.07, 6.45) is 0.723. The molecule has 1 heterocycles. The molecule has 0 saturated heterocycles. The van der Waals surface area contributed by atoms with Crippen LogP contribution in [0.4, 0.5) is 0 Å². The maximum Gasteiger partial charge on any atom is 0.240 e. The van der Waals surface area contributed by atoms with Crippen molar-refractivity contribution in [2.24, 2.45) is 0 Å². The van der Waals surface area contributed by atoms with Crippen molar-refractivity contribution < 1.29 is 23.7 Å². The van der Waals surface area contributed by atoms with Crippen LogP contribution in [-0.4, -0.2) is 45.8 Å². The average molecular weight is 480 g/mol. The van der Waals surface area contributed by atoms with Crippen molar-refractivity contribution >= 4 is 17.7 Å². The number of methoxy groups -OCH3 is 4. The van der Waals surface area contributed by atoms with Crippen LogP contribution in [0.15, 0.2) is 65.6 Å². The van der Waals surface area contributed by atoms with Crippen LogP contribution in [0.2, 0.25) is 0 Å². The Morgan fingerprint density at radius 3 is 2.15 bits per heavy atom. The summed E-state index contributed by atoms with van der Waals surface area (Å²) in [6.45, 7) is 1.08. The van der Waals surface area contributed by atoms with Gasteiger partial charge < -0.3 is 23.8 Å². The van der Waals surface area contributed by atoms with E-state index in [0.717, 1.165) is 28.0 Å². The van der Waals surface area contributed by atoms with E-state index >= 15 is 0 Å². The quantitative estimate of drug-likeness (QED) is 0.446. The Morgan fingerprint density at radius 2 is 1.47 bits per heavy atom. The molecule has 178 valence electrons. The Bertz CT molecular complexity index is 1150. The van der Waals surface area contributed by atoms with E-state index in [1.165, 1.54) is 0 Å². The molecule has 0 spiro atoms. The van der Waals surface area contributed by atoms with Gasteiger partial charge in [-0.3, -0.25) is 4.79 Å². The third kappa shape index (κ3) is 4.94. The lowest BCUT2D eigenvalue weighted by molar-refractivity contribution is -0.131. The first-order valence-corrected chi connectivity index (χ1v) is 11.9. The van der Waals surface area contributed by atoms with E-state index in [4.69, 9.17) is 18.9 Å². The molecular weight excluding hydrogens is 450 g/mol. The molecule has 1 unspecified atom stereocenters. The fraction of sp³-hybridized carbons (Fsp3) is 0.296. The molecule has 6 nitrogen and oxygen atoms in total. The molecule has 0 fully saturated rings. The topological polar surface area (TPSA) is 57.2 Å². The van der Waals surface area contributed by atoms with E-state index in [9.17, 15) is 4.79 Å². The highest BCUT2D eigenvalue weighted by atomic mass is 32.2. The van der Waals surface area contributed by atoms with Crippen LogP contribution in [0.25, 0.3) is 0 Å². The summed E-state index contributed by atoms with van der Waals surface area (Å²) >= 11 is 1.56. The number of hydrogen-bond acceptors (Lipinski definition) is 6. The molecule has 1 aliphatic rings. The molecular formula is C27H29NO5S. The third-order valence-electron chi connectivity index (χ3n) is 5.93. The van der Waals surface area contributed by atoms with Crippen molar-refractivity contribution in [2.45, 2.75) is 23.1 Å². The molecule has 3 aromatic rings. The smallest absolute Gasteiger partial charge is 0.240 e. The highest BCUT2D eigenvalue weighted by molar-refractivity contribution is 8.00. The summed E-state index contributed by atoms with van der Waals surface area (Å²) in [4.78, 5) is 16.9. The van der Waals surface area contributed by atoms with Crippen LogP contribution in [0.5, 0.6) is 23.0 Å². The molecule has 7 heteroatoms. The predicted molar refractivity (Wildman–Crippen MR) is 133 cm³/mol. The van der Waals surface area contributed by atoms with Gasteiger partial charge in [-0.1, -0.05) is 24.3 Å². The van der Waals surface area contributed by atoms with Crippen molar-refractivity contribution in [1.82, 2.24) is 4.90 Å². The summed E-state index contributed by atoms with van der Waals surface area (Å²) in [5, 5.41) is -0.403. The lowest BCUT2D eigenvalue weighted by Crippen LogP contribution is -2.33. The molecule has 34 heavy (non-hydrogen) atoms. The first-order valence-electron chi connectivity index (χ1n) is 11.0. The lowest BCUT2D eigenvalue weighted by Gasteiger charge is -2.25. The second kappa shape index (κ2) is 10.7. The molecule has 0 saturated carbocycles. The largest absolute Gasteiger partial charge is 0.493 e. The van der Waals surface area contributed by atoms with Crippen molar-refractivity contribution in [3.05, 3.63) is 77.4 Å². The van der Waals surface area contributed by atoms with E-state index < -0.39 is 5.25 Å². The molecule has 1 atom stereocenters. The van der Waals surface area contributed by atoms with Gasteiger partial charge in [-0.15, -0.1) is 11.8 Å². The van der Waals surface area contributed by atoms with Crippen molar-refractivity contribution in [3.63, 3.8) is 0 Å². The highest BCUT2D eigenvalue weighted by Gasteiger charge is 2.33. The summed E-state index contributed by atoms with van der Waals surface area (Å²) in [7, 11) is 6.47. The van der Waals surface area contributed by atoms with E-state index in [2.05, 4.69) is 0 Å². The highest BCUT2D eigenvalue weighted by Crippen LogP contribution is 2.44. The molecule has 0 bridgehead atoms. The first kappa shape index (κ1) is 23.8. The number of rotatable bonds is 8. The van der Waals surface area contributed by atoms with Gasteiger partial charge in [0.25, 0.3) is 0 Å². The number of fused-ring (bicyclic) bond motifs is 1. The number of benzene rings is 3. The minimum atomic E-state index is -0.403. The van der Waals surface area contributed by atoms with Gasteiger partial charge in [0.05, 0.1) is 28.4 Å². The Kier molecular flexibility index (Phi) is 7.53. The maximum atomic E-state index is 13.9. The summed E-state index contributed by atoms with van der Waals surface area (Å²) in [5.41, 5.74) is 3.04. The number of carbonyl (C=O) groups is 1. The number of hydrogen-bond donors (Lipinski definition) is 0. The zero-order valence-corrected chi connectivity index (χ0v) is 20.7. The van der Waals surface area contributed by atoms with Crippen molar-refractivity contribution in [2.75, 3.05) is 35.0 Å².